The number of aryl methyl sites for hydroxylation is 8. The number of imidazole rings is 2. The zero-order valence-corrected chi connectivity index (χ0v) is 46.4. The summed E-state index contributed by atoms with van der Waals surface area (Å²) >= 11 is 0. The Morgan fingerprint density at radius 1 is 0.419 bits per heavy atom. The first-order valence-electron chi connectivity index (χ1n) is 23.9. The van der Waals surface area contributed by atoms with E-state index in [9.17, 15) is 0 Å². The van der Waals surface area contributed by atoms with Gasteiger partial charge in [0.1, 0.15) is 11.6 Å². The van der Waals surface area contributed by atoms with E-state index in [2.05, 4.69) is 146 Å². The van der Waals surface area contributed by atoms with Crippen molar-refractivity contribution in [3.05, 3.63) is 204 Å². The van der Waals surface area contributed by atoms with Crippen LogP contribution in [0.3, 0.4) is 0 Å². The second-order valence-corrected chi connectivity index (χ2v) is 18.7. The molecule has 0 aliphatic rings. The van der Waals surface area contributed by atoms with E-state index >= 15 is 0 Å². The van der Waals surface area contributed by atoms with Crippen LogP contribution >= 0.6 is 0 Å². The average molecular weight is 1330 g/mol. The van der Waals surface area contributed by atoms with Crippen LogP contribution in [-0.4, -0.2) is 38.2 Å². The maximum Gasteiger partial charge on any atom is 2.00 e. The second kappa shape index (κ2) is 20.0. The molecule has 12 heteroatoms. The molecular formula is C62H48N8O2Pt2. The van der Waals surface area contributed by atoms with Gasteiger partial charge >= 0.3 is 42.1 Å². The zero-order valence-electron chi connectivity index (χ0n) is 41.9. The molecule has 0 amide bonds. The summed E-state index contributed by atoms with van der Waals surface area (Å²) in [6.45, 7) is 13.0. The monoisotopic (exact) mass is 1330 g/mol. The van der Waals surface area contributed by atoms with E-state index in [4.69, 9.17) is 19.4 Å². The van der Waals surface area contributed by atoms with E-state index in [1.807, 2.05) is 96.5 Å². The first-order valence-corrected chi connectivity index (χ1v) is 23.9. The molecule has 368 valence electrons. The van der Waals surface area contributed by atoms with Gasteiger partial charge in [0.15, 0.2) is 0 Å². The van der Waals surface area contributed by atoms with E-state index in [1.165, 1.54) is 44.5 Å². The number of pyridine rings is 2. The van der Waals surface area contributed by atoms with Crippen molar-refractivity contribution in [3.63, 3.8) is 0 Å². The van der Waals surface area contributed by atoms with E-state index in [-0.39, 0.29) is 42.1 Å². The summed E-state index contributed by atoms with van der Waals surface area (Å²) in [5.74, 6) is 5.15. The number of hydrogen-bond donors (Lipinski definition) is 0. The van der Waals surface area contributed by atoms with Crippen LogP contribution < -0.4 is 9.47 Å². The molecule has 0 saturated heterocycles. The van der Waals surface area contributed by atoms with Gasteiger partial charge in [0, 0.05) is 85.3 Å². The Morgan fingerprint density at radius 2 is 0.811 bits per heavy atom. The largest absolute Gasteiger partial charge is 2.00 e. The fraction of sp³-hybridized carbons (Fsp3) is 0.129. The molecule has 0 saturated carbocycles. The van der Waals surface area contributed by atoms with Crippen LogP contribution in [-0.2, 0) is 56.2 Å². The van der Waals surface area contributed by atoms with E-state index in [0.717, 1.165) is 78.4 Å². The van der Waals surface area contributed by atoms with Gasteiger partial charge < -0.3 is 27.7 Å². The summed E-state index contributed by atoms with van der Waals surface area (Å²) < 4.78 is 21.6. The van der Waals surface area contributed by atoms with E-state index < -0.39 is 0 Å². The first-order chi connectivity index (χ1) is 34.9. The standard InChI is InChI=1S/C62H48N8O2.2Pt/c1-37-27-39(3)57(40(4)28-37)43-19-21-63-55(33-43)69-53-35-49(71-47-13-9-11-45(31-47)61-65-23-25-67(61)7)15-17-51(53)60-59(69)52-18-16-50(72-48-14-10-12-46(32-48)62-66-24-26-68(62)8)36-54(52)70(60)56-34-44(20-22-64-56)58-41(5)29-38(2)30-42(58)6;;/h9-30,33-34H,1-8H3;;/q-4;2*+2. The van der Waals surface area contributed by atoms with Crippen molar-refractivity contribution >= 4 is 32.8 Å². The van der Waals surface area contributed by atoms with Gasteiger partial charge in [0.05, 0.1) is 11.6 Å². The Labute approximate surface area is 458 Å². The Morgan fingerprint density at radius 3 is 1.19 bits per heavy atom. The molecule has 0 aliphatic carbocycles. The maximum atomic E-state index is 6.64. The summed E-state index contributed by atoms with van der Waals surface area (Å²) in [6, 6.07) is 51.6. The van der Waals surface area contributed by atoms with Crippen molar-refractivity contribution in [1.82, 2.24) is 38.2 Å². The molecule has 6 heterocycles. The number of hydrogen-bond acceptors (Lipinski definition) is 6. The summed E-state index contributed by atoms with van der Waals surface area (Å²) in [5, 5.41) is 1.83. The molecule has 0 fully saturated rings. The molecule has 12 aromatic rings. The minimum atomic E-state index is 0. The third-order valence-corrected chi connectivity index (χ3v) is 13.4. The predicted molar refractivity (Wildman–Crippen MR) is 285 cm³/mol. The molecule has 74 heavy (non-hydrogen) atoms. The van der Waals surface area contributed by atoms with Crippen LogP contribution in [0.15, 0.2) is 146 Å². The van der Waals surface area contributed by atoms with Gasteiger partial charge in [0.2, 0.25) is 0 Å². The molecule has 0 spiro atoms. The number of rotatable bonds is 10. The van der Waals surface area contributed by atoms with Crippen LogP contribution in [0.2, 0.25) is 0 Å². The SMILES string of the molecule is Cc1cc(C)c(-c2ccnc(-n3c4[c-]c(Oc5[c-]c(-c6nccn6C)ccc5)ccc4c4c3c3ccc(Oc5[c-]c(-c6nccn6C)ccc5)[c-]c3n4-c3cc(-c4c(C)cc(C)cc4C)ccn3)c2)c(C)c1.[Pt+2].[Pt+2]. The average Bonchev–Trinajstić information content (AvgIpc) is 4.14. The molecule has 0 atom stereocenters. The summed E-state index contributed by atoms with van der Waals surface area (Å²) in [6.07, 6.45) is 11.2. The second-order valence-electron chi connectivity index (χ2n) is 18.7. The van der Waals surface area contributed by atoms with E-state index in [1.54, 1.807) is 12.4 Å². The number of nitrogens with zero attached hydrogens (tertiary/aromatic N) is 8. The normalized spacial score (nSPS) is 11.3. The van der Waals surface area contributed by atoms with Crippen LogP contribution in [0.1, 0.15) is 33.4 Å². The Kier molecular flexibility index (Phi) is 13.5. The van der Waals surface area contributed by atoms with Gasteiger partial charge in [-0.1, -0.05) is 69.3 Å². The van der Waals surface area contributed by atoms with Crippen molar-refractivity contribution in [3.8, 4) is 79.7 Å². The van der Waals surface area contributed by atoms with Crippen LogP contribution in [0, 0.1) is 65.8 Å². The molecule has 6 aromatic heterocycles. The number of ether oxygens (including phenoxy) is 2. The van der Waals surface area contributed by atoms with Crippen LogP contribution in [0.5, 0.6) is 23.0 Å². The molecule has 0 unspecified atom stereocenters. The molecule has 10 nitrogen and oxygen atoms in total. The smallest absolute Gasteiger partial charge is 0.503 e. The fourth-order valence-corrected chi connectivity index (χ4v) is 10.6. The zero-order chi connectivity index (χ0) is 49.4. The van der Waals surface area contributed by atoms with Crippen molar-refractivity contribution in [2.24, 2.45) is 14.1 Å². The Balaban J connectivity index is 0.00000313. The Bertz CT molecular complexity index is 3810. The maximum absolute atomic E-state index is 6.64. The molecule has 0 radical (unpaired) electrons. The van der Waals surface area contributed by atoms with Gasteiger partial charge in [-0.05, 0) is 110 Å². The molecule has 0 aliphatic heterocycles. The van der Waals surface area contributed by atoms with Gasteiger partial charge in [0.25, 0.3) is 0 Å². The fourth-order valence-electron chi connectivity index (χ4n) is 10.6. The Hall–Kier alpha value is -7.64. The van der Waals surface area contributed by atoms with E-state index in [0.29, 0.717) is 23.0 Å². The van der Waals surface area contributed by atoms with Crippen LogP contribution in [0.25, 0.3) is 89.5 Å². The quantitative estimate of drug-likeness (QED) is 0.127. The molecule has 12 rings (SSSR count). The topological polar surface area (TPSA) is 89.7 Å². The van der Waals surface area contributed by atoms with Gasteiger partial charge in [-0.15, -0.1) is 71.8 Å². The van der Waals surface area contributed by atoms with Gasteiger partial charge in [-0.2, -0.15) is 12.1 Å². The third-order valence-electron chi connectivity index (χ3n) is 13.4. The van der Waals surface area contributed by atoms with Gasteiger partial charge in [-0.3, -0.25) is 9.97 Å². The number of aromatic nitrogens is 8. The first kappa shape index (κ1) is 49.9. The summed E-state index contributed by atoms with van der Waals surface area (Å²) in [5.41, 5.74) is 16.7. The van der Waals surface area contributed by atoms with Crippen molar-refractivity contribution in [2.45, 2.75) is 41.5 Å². The predicted octanol–water partition coefficient (Wildman–Crippen LogP) is 14.3. The summed E-state index contributed by atoms with van der Waals surface area (Å²) in [7, 11) is 3.93. The van der Waals surface area contributed by atoms with Gasteiger partial charge in [-0.25, -0.2) is 9.97 Å². The number of fused-ring (bicyclic) bond motifs is 5. The molecule has 0 bridgehead atoms. The molecular weight excluding hydrogens is 1280 g/mol. The molecule has 6 aromatic carbocycles. The van der Waals surface area contributed by atoms with Crippen LogP contribution in [0.4, 0.5) is 0 Å². The number of benzene rings is 6. The van der Waals surface area contributed by atoms with Crippen molar-refractivity contribution in [1.29, 1.82) is 0 Å². The minimum absolute atomic E-state index is 0. The minimum Gasteiger partial charge on any atom is -0.503 e. The molecule has 0 N–H and O–H groups in total. The third kappa shape index (κ3) is 8.90. The van der Waals surface area contributed by atoms with Crippen molar-refractivity contribution < 1.29 is 51.6 Å². The summed E-state index contributed by atoms with van der Waals surface area (Å²) in [4.78, 5) is 19.4. The van der Waals surface area contributed by atoms with Crippen molar-refractivity contribution in [2.75, 3.05) is 0 Å².